The fraction of sp³-hybridized carbons (Fsp3) is 0.345. The number of ether oxygens (including phenoxy) is 1. The quantitative estimate of drug-likeness (QED) is 0.301. The zero-order valence-electron chi connectivity index (χ0n) is 22.4. The van der Waals surface area contributed by atoms with Crippen LogP contribution in [0.15, 0.2) is 60.8 Å². The molecule has 0 saturated carbocycles. The standard InChI is InChI=1S/C29H28F3N7O3/c30-29(31,32)25(18-3-1-17(2-4-18)19-5-6-21-20(13-19)7-10-35-38-21)42-24-14-23(36-27(33)37-24)39-11-8-28(9-12-39)15-22(26(40)41)34-16-28/h1-7,10,13-14,22,25,34H,8-9,11-12,15-16H2,(H,40,41)(H2,33,36,37)/t22-,25+/m0/s1. The molecule has 2 aliphatic heterocycles. The van der Waals surface area contributed by atoms with Gasteiger partial charge in [-0.3, -0.25) is 4.79 Å². The third-order valence-electron chi connectivity index (χ3n) is 8.11. The number of fused-ring (bicyclic) bond motifs is 1. The van der Waals surface area contributed by atoms with E-state index < -0.39 is 24.3 Å². The second kappa shape index (κ2) is 10.7. The maximum Gasteiger partial charge on any atom is 0.429 e. The molecule has 2 atom stereocenters. The minimum atomic E-state index is -4.73. The Balaban J connectivity index is 1.19. The summed E-state index contributed by atoms with van der Waals surface area (Å²) in [5.74, 6) is -0.982. The van der Waals surface area contributed by atoms with Crippen LogP contribution >= 0.6 is 0 Å². The molecule has 0 amide bonds. The maximum absolute atomic E-state index is 14.2. The molecule has 0 radical (unpaired) electrons. The number of piperidine rings is 1. The summed E-state index contributed by atoms with van der Waals surface area (Å²) in [6.07, 6.45) is -3.45. The molecule has 13 heteroatoms. The third kappa shape index (κ3) is 5.64. The first-order valence-corrected chi connectivity index (χ1v) is 13.5. The highest BCUT2D eigenvalue weighted by atomic mass is 19.4. The van der Waals surface area contributed by atoms with Crippen molar-refractivity contribution in [3.05, 3.63) is 66.4 Å². The highest BCUT2D eigenvalue weighted by molar-refractivity contribution is 5.83. The highest BCUT2D eigenvalue weighted by Gasteiger charge is 2.45. The molecule has 2 fully saturated rings. The number of anilines is 2. The van der Waals surface area contributed by atoms with Crippen molar-refractivity contribution in [2.24, 2.45) is 5.41 Å². The molecule has 2 aromatic heterocycles. The SMILES string of the molecule is Nc1nc(O[C@H](c2ccc(-c3ccc4nnccc4c3)cc2)C(F)(F)F)cc(N2CCC3(CC2)CN[C@H](C(=O)O)C3)n1. The molecular formula is C29H28F3N7O3. The summed E-state index contributed by atoms with van der Waals surface area (Å²) >= 11 is 0. The van der Waals surface area contributed by atoms with Crippen molar-refractivity contribution in [3.63, 3.8) is 0 Å². The summed E-state index contributed by atoms with van der Waals surface area (Å²) in [6.45, 7) is 1.71. The van der Waals surface area contributed by atoms with Crippen molar-refractivity contribution in [1.82, 2.24) is 25.5 Å². The summed E-state index contributed by atoms with van der Waals surface area (Å²) in [4.78, 5) is 21.5. The van der Waals surface area contributed by atoms with E-state index in [9.17, 15) is 23.1 Å². The van der Waals surface area contributed by atoms with Gasteiger partial charge in [-0.15, -0.1) is 0 Å². The van der Waals surface area contributed by atoms with Crippen molar-refractivity contribution in [2.45, 2.75) is 37.6 Å². The molecule has 42 heavy (non-hydrogen) atoms. The van der Waals surface area contributed by atoms with Gasteiger partial charge < -0.3 is 25.8 Å². The maximum atomic E-state index is 14.2. The van der Waals surface area contributed by atoms with Gasteiger partial charge in [-0.2, -0.15) is 33.3 Å². The molecule has 4 N–H and O–H groups in total. The predicted octanol–water partition coefficient (Wildman–Crippen LogP) is 4.38. The Morgan fingerprint density at radius 1 is 1.07 bits per heavy atom. The average molecular weight is 580 g/mol. The van der Waals surface area contributed by atoms with Crippen molar-refractivity contribution >= 4 is 28.6 Å². The van der Waals surface area contributed by atoms with E-state index in [-0.39, 0.29) is 22.8 Å². The number of alkyl halides is 3. The van der Waals surface area contributed by atoms with E-state index in [1.165, 1.54) is 18.2 Å². The number of nitrogens with two attached hydrogens (primary N) is 1. The lowest BCUT2D eigenvalue weighted by atomic mass is 9.76. The van der Waals surface area contributed by atoms with E-state index in [1.54, 1.807) is 18.3 Å². The number of hydrogen-bond acceptors (Lipinski definition) is 9. The first-order valence-electron chi connectivity index (χ1n) is 13.5. The molecule has 2 aliphatic rings. The van der Waals surface area contributed by atoms with E-state index >= 15 is 0 Å². The topological polar surface area (TPSA) is 139 Å². The van der Waals surface area contributed by atoms with Crippen LogP contribution in [0.25, 0.3) is 22.0 Å². The van der Waals surface area contributed by atoms with Crippen molar-refractivity contribution in [3.8, 4) is 17.0 Å². The van der Waals surface area contributed by atoms with Gasteiger partial charge in [-0.1, -0.05) is 30.3 Å². The van der Waals surface area contributed by atoms with Gasteiger partial charge in [0.25, 0.3) is 0 Å². The van der Waals surface area contributed by atoms with Gasteiger partial charge in [0, 0.05) is 36.7 Å². The molecule has 0 bridgehead atoms. The van der Waals surface area contributed by atoms with Crippen LogP contribution in [-0.2, 0) is 4.79 Å². The molecule has 2 saturated heterocycles. The van der Waals surface area contributed by atoms with Crippen LogP contribution in [0.4, 0.5) is 24.9 Å². The minimum Gasteiger partial charge on any atom is -0.480 e. The van der Waals surface area contributed by atoms with Gasteiger partial charge in [0.05, 0.1) is 11.7 Å². The molecular weight excluding hydrogens is 551 g/mol. The van der Waals surface area contributed by atoms with Crippen molar-refractivity contribution in [1.29, 1.82) is 0 Å². The summed E-state index contributed by atoms with van der Waals surface area (Å²) in [5, 5.41) is 21.2. The molecule has 0 aliphatic carbocycles. The third-order valence-corrected chi connectivity index (χ3v) is 8.11. The van der Waals surface area contributed by atoms with Crippen molar-refractivity contribution in [2.75, 3.05) is 30.3 Å². The lowest BCUT2D eigenvalue weighted by Crippen LogP contribution is -2.41. The van der Waals surface area contributed by atoms with Crippen molar-refractivity contribution < 1.29 is 27.8 Å². The van der Waals surface area contributed by atoms with Crippen LogP contribution < -0.4 is 20.7 Å². The van der Waals surface area contributed by atoms with E-state index in [1.807, 2.05) is 29.2 Å². The Hall–Kier alpha value is -4.52. The Morgan fingerprint density at radius 3 is 2.50 bits per heavy atom. The molecule has 218 valence electrons. The lowest BCUT2D eigenvalue weighted by Gasteiger charge is -2.39. The molecule has 2 aromatic carbocycles. The fourth-order valence-corrected chi connectivity index (χ4v) is 5.80. The number of carboxylic acids is 1. The van der Waals surface area contributed by atoms with E-state index in [0.29, 0.717) is 44.7 Å². The van der Waals surface area contributed by atoms with Gasteiger partial charge in [-0.25, -0.2) is 0 Å². The van der Waals surface area contributed by atoms with Crippen LogP contribution in [0.5, 0.6) is 5.88 Å². The molecule has 6 rings (SSSR count). The summed E-state index contributed by atoms with van der Waals surface area (Å²) < 4.78 is 48.1. The summed E-state index contributed by atoms with van der Waals surface area (Å²) in [5.41, 5.74) is 7.96. The monoisotopic (exact) mass is 579 g/mol. The largest absolute Gasteiger partial charge is 0.480 e. The summed E-state index contributed by atoms with van der Waals surface area (Å²) in [7, 11) is 0. The Labute approximate surface area is 238 Å². The number of aliphatic carboxylic acids is 1. The average Bonchev–Trinajstić information content (AvgIpc) is 3.39. The Bertz CT molecular complexity index is 1610. The second-order valence-corrected chi connectivity index (χ2v) is 10.9. The van der Waals surface area contributed by atoms with Crippen LogP contribution in [-0.4, -0.2) is 63.1 Å². The number of carboxylic acid groups (broad SMARTS) is 1. The van der Waals surface area contributed by atoms with E-state index in [2.05, 4.69) is 25.5 Å². The molecule has 4 aromatic rings. The molecule has 4 heterocycles. The number of nitrogens with zero attached hydrogens (tertiary/aromatic N) is 5. The van der Waals surface area contributed by atoms with Gasteiger partial charge in [0.1, 0.15) is 11.9 Å². The fourth-order valence-electron chi connectivity index (χ4n) is 5.80. The summed E-state index contributed by atoms with van der Waals surface area (Å²) in [6, 6.07) is 14.2. The minimum absolute atomic E-state index is 0.0849. The number of benzene rings is 2. The molecule has 10 nitrogen and oxygen atoms in total. The van der Waals surface area contributed by atoms with Crippen LogP contribution in [0.1, 0.15) is 30.9 Å². The van der Waals surface area contributed by atoms with E-state index in [4.69, 9.17) is 10.5 Å². The zero-order chi connectivity index (χ0) is 29.5. The first-order chi connectivity index (χ1) is 20.1. The first kappa shape index (κ1) is 27.6. The number of aromatic nitrogens is 4. The van der Waals surface area contributed by atoms with Gasteiger partial charge in [-0.05, 0) is 54.0 Å². The Morgan fingerprint density at radius 2 is 1.81 bits per heavy atom. The predicted molar refractivity (Wildman–Crippen MR) is 149 cm³/mol. The number of nitrogen functional groups attached to an aromatic ring is 1. The number of carbonyl (C=O) groups is 1. The van der Waals surface area contributed by atoms with Crippen LogP contribution in [0.2, 0.25) is 0 Å². The Kier molecular flexibility index (Phi) is 7.05. The number of rotatable bonds is 6. The number of hydrogen-bond donors (Lipinski definition) is 3. The smallest absolute Gasteiger partial charge is 0.429 e. The normalized spacial score (nSPS) is 19.2. The molecule has 0 unspecified atom stereocenters. The number of nitrogens with one attached hydrogen (secondary N) is 1. The number of halogens is 3. The van der Waals surface area contributed by atoms with Gasteiger partial charge >= 0.3 is 12.1 Å². The lowest BCUT2D eigenvalue weighted by molar-refractivity contribution is -0.198. The van der Waals surface area contributed by atoms with Gasteiger partial charge in [0.2, 0.25) is 17.9 Å². The van der Waals surface area contributed by atoms with E-state index in [0.717, 1.165) is 22.0 Å². The van der Waals surface area contributed by atoms with Crippen LogP contribution in [0, 0.1) is 5.41 Å². The highest BCUT2D eigenvalue weighted by Crippen LogP contribution is 2.41. The van der Waals surface area contributed by atoms with Gasteiger partial charge in [0.15, 0.2) is 0 Å². The second-order valence-electron chi connectivity index (χ2n) is 10.9. The zero-order valence-corrected chi connectivity index (χ0v) is 22.4. The van der Waals surface area contributed by atoms with Crippen LogP contribution in [0.3, 0.4) is 0 Å². The molecule has 1 spiro atoms.